The van der Waals surface area contributed by atoms with Gasteiger partial charge in [0.1, 0.15) is 10.1 Å². The van der Waals surface area contributed by atoms with Crippen LogP contribution in [0.4, 0.5) is 5.69 Å². The Bertz CT molecular complexity index is 1060. The number of rotatable bonds is 9. The maximum absolute atomic E-state index is 12.9. The van der Waals surface area contributed by atoms with Gasteiger partial charge in [-0.05, 0) is 55.0 Å². The van der Waals surface area contributed by atoms with Gasteiger partial charge in [-0.2, -0.15) is 0 Å². The van der Waals surface area contributed by atoms with Gasteiger partial charge in [-0.1, -0.05) is 24.0 Å². The van der Waals surface area contributed by atoms with Crippen molar-refractivity contribution in [1.29, 1.82) is 0 Å². The van der Waals surface area contributed by atoms with Crippen molar-refractivity contribution in [3.63, 3.8) is 0 Å². The highest BCUT2D eigenvalue weighted by atomic mass is 32.2. The van der Waals surface area contributed by atoms with Crippen LogP contribution in [0.25, 0.3) is 6.08 Å². The SMILES string of the molecule is CCOc1ccc(NC(=O)CCN2C(=O)/C(=C/c3cc(OC)c(O)c(OC)c3)SC2=S)cc1. The van der Waals surface area contributed by atoms with Crippen LogP contribution in [-0.4, -0.2) is 53.5 Å². The van der Waals surface area contributed by atoms with Crippen molar-refractivity contribution in [1.82, 2.24) is 4.90 Å². The predicted molar refractivity (Wildman–Crippen MR) is 132 cm³/mol. The van der Waals surface area contributed by atoms with Crippen LogP contribution in [0.1, 0.15) is 18.9 Å². The molecule has 2 aromatic rings. The standard InChI is InChI=1S/C23H24N2O6S2/c1-4-31-16-7-5-15(6-8-16)24-20(26)9-10-25-22(28)19(33-23(25)32)13-14-11-17(29-2)21(27)18(12-14)30-3/h5-8,11-13,27H,4,9-10H2,1-3H3,(H,24,26)/b19-13-. The van der Waals surface area contributed by atoms with Gasteiger partial charge in [-0.3, -0.25) is 14.5 Å². The lowest BCUT2D eigenvalue weighted by Gasteiger charge is -2.14. The number of benzene rings is 2. The van der Waals surface area contributed by atoms with Gasteiger partial charge in [0.25, 0.3) is 5.91 Å². The van der Waals surface area contributed by atoms with Gasteiger partial charge in [-0.25, -0.2) is 0 Å². The second kappa shape index (κ2) is 11.1. The molecule has 1 aliphatic heterocycles. The summed E-state index contributed by atoms with van der Waals surface area (Å²) in [5.74, 6) is 0.533. The Morgan fingerprint density at radius 1 is 1.18 bits per heavy atom. The van der Waals surface area contributed by atoms with Crippen LogP contribution in [0.3, 0.4) is 0 Å². The summed E-state index contributed by atoms with van der Waals surface area (Å²) in [5, 5.41) is 12.9. The van der Waals surface area contributed by atoms with Crippen LogP contribution in [0.5, 0.6) is 23.0 Å². The zero-order chi connectivity index (χ0) is 24.0. The van der Waals surface area contributed by atoms with E-state index in [9.17, 15) is 14.7 Å². The van der Waals surface area contributed by atoms with Crippen LogP contribution in [0.2, 0.25) is 0 Å². The summed E-state index contributed by atoms with van der Waals surface area (Å²) in [6.45, 7) is 2.63. The minimum Gasteiger partial charge on any atom is -0.502 e. The first kappa shape index (κ1) is 24.4. The molecule has 1 fully saturated rings. The molecule has 0 spiro atoms. The predicted octanol–water partition coefficient (Wildman–Crippen LogP) is 4.04. The summed E-state index contributed by atoms with van der Waals surface area (Å²) in [5.41, 5.74) is 1.25. The molecule has 0 atom stereocenters. The number of carbonyl (C=O) groups excluding carboxylic acids is 2. The fourth-order valence-electron chi connectivity index (χ4n) is 3.08. The van der Waals surface area contributed by atoms with Crippen LogP contribution < -0.4 is 19.5 Å². The topological polar surface area (TPSA) is 97.3 Å². The lowest BCUT2D eigenvalue weighted by atomic mass is 10.1. The molecule has 0 saturated carbocycles. The minimum absolute atomic E-state index is 0.0911. The molecule has 2 amide bonds. The Labute approximate surface area is 201 Å². The number of hydrogen-bond acceptors (Lipinski definition) is 8. The van der Waals surface area contributed by atoms with E-state index in [0.717, 1.165) is 17.5 Å². The minimum atomic E-state index is -0.287. The average molecular weight is 489 g/mol. The van der Waals surface area contributed by atoms with E-state index in [-0.39, 0.29) is 42.0 Å². The lowest BCUT2D eigenvalue weighted by Crippen LogP contribution is -2.31. The molecular formula is C23H24N2O6S2. The number of phenolic OH excluding ortho intramolecular Hbond substituents is 1. The summed E-state index contributed by atoms with van der Waals surface area (Å²) in [4.78, 5) is 27.0. The highest BCUT2D eigenvalue weighted by molar-refractivity contribution is 8.26. The molecule has 0 aliphatic carbocycles. The van der Waals surface area contributed by atoms with Crippen molar-refractivity contribution in [2.24, 2.45) is 0 Å². The van der Waals surface area contributed by atoms with Gasteiger partial charge < -0.3 is 24.6 Å². The number of ether oxygens (including phenoxy) is 3. The molecule has 33 heavy (non-hydrogen) atoms. The number of nitrogens with one attached hydrogen (secondary N) is 1. The Morgan fingerprint density at radius 3 is 2.39 bits per heavy atom. The number of nitrogens with zero attached hydrogens (tertiary/aromatic N) is 1. The molecule has 174 valence electrons. The molecule has 10 heteroatoms. The summed E-state index contributed by atoms with van der Waals surface area (Å²) in [6, 6.07) is 10.2. The van der Waals surface area contributed by atoms with Crippen LogP contribution in [0.15, 0.2) is 41.3 Å². The number of amides is 2. The zero-order valence-electron chi connectivity index (χ0n) is 18.4. The van der Waals surface area contributed by atoms with Crippen molar-refractivity contribution in [2.45, 2.75) is 13.3 Å². The number of anilines is 1. The molecule has 0 unspecified atom stereocenters. The second-order valence-corrected chi connectivity index (χ2v) is 8.54. The molecule has 1 saturated heterocycles. The Morgan fingerprint density at radius 2 is 1.82 bits per heavy atom. The maximum atomic E-state index is 12.9. The summed E-state index contributed by atoms with van der Waals surface area (Å²) >= 11 is 6.49. The summed E-state index contributed by atoms with van der Waals surface area (Å²) in [7, 11) is 2.85. The summed E-state index contributed by atoms with van der Waals surface area (Å²) < 4.78 is 16.1. The normalized spacial score (nSPS) is 14.5. The number of methoxy groups -OCH3 is 2. The number of phenols is 1. The third-order valence-electron chi connectivity index (χ3n) is 4.69. The molecule has 2 aromatic carbocycles. The van der Waals surface area contributed by atoms with Gasteiger partial charge in [0.2, 0.25) is 11.7 Å². The molecule has 0 bridgehead atoms. The number of thioether (sulfide) groups is 1. The number of thiocarbonyl (C=S) groups is 1. The molecule has 3 rings (SSSR count). The second-order valence-electron chi connectivity index (χ2n) is 6.86. The first-order valence-electron chi connectivity index (χ1n) is 10.1. The monoisotopic (exact) mass is 488 g/mol. The van der Waals surface area contributed by atoms with Gasteiger partial charge in [-0.15, -0.1) is 0 Å². The van der Waals surface area contributed by atoms with Crippen LogP contribution >= 0.6 is 24.0 Å². The lowest BCUT2D eigenvalue weighted by molar-refractivity contribution is -0.122. The molecule has 1 aliphatic rings. The fraction of sp³-hybridized carbons (Fsp3) is 0.261. The van der Waals surface area contributed by atoms with Gasteiger partial charge >= 0.3 is 0 Å². The van der Waals surface area contributed by atoms with Crippen molar-refractivity contribution >= 4 is 51.9 Å². The first-order chi connectivity index (χ1) is 15.9. The van der Waals surface area contributed by atoms with E-state index in [1.807, 2.05) is 6.92 Å². The molecule has 1 heterocycles. The largest absolute Gasteiger partial charge is 0.502 e. The quantitative estimate of drug-likeness (QED) is 0.403. The Kier molecular flexibility index (Phi) is 8.18. The molecule has 0 radical (unpaired) electrons. The van der Waals surface area contributed by atoms with E-state index in [2.05, 4.69) is 5.32 Å². The van der Waals surface area contributed by atoms with E-state index < -0.39 is 0 Å². The molecule has 0 aromatic heterocycles. The van der Waals surface area contributed by atoms with Crippen molar-refractivity contribution in [3.8, 4) is 23.0 Å². The highest BCUT2D eigenvalue weighted by Gasteiger charge is 2.32. The Balaban J connectivity index is 1.64. The molecule has 8 nitrogen and oxygen atoms in total. The van der Waals surface area contributed by atoms with Crippen molar-refractivity contribution in [2.75, 3.05) is 32.7 Å². The first-order valence-corrected chi connectivity index (χ1v) is 11.3. The number of hydrogen-bond donors (Lipinski definition) is 2. The third kappa shape index (κ3) is 5.96. The van der Waals surface area contributed by atoms with E-state index in [4.69, 9.17) is 26.4 Å². The van der Waals surface area contributed by atoms with E-state index in [0.29, 0.717) is 27.1 Å². The number of carbonyl (C=O) groups is 2. The van der Waals surface area contributed by atoms with E-state index in [1.165, 1.54) is 19.1 Å². The third-order valence-corrected chi connectivity index (χ3v) is 6.06. The van der Waals surface area contributed by atoms with Crippen molar-refractivity contribution in [3.05, 3.63) is 46.9 Å². The maximum Gasteiger partial charge on any atom is 0.266 e. The van der Waals surface area contributed by atoms with E-state index >= 15 is 0 Å². The molecule has 2 N–H and O–H groups in total. The van der Waals surface area contributed by atoms with Crippen LogP contribution in [0, 0.1) is 0 Å². The summed E-state index contributed by atoms with van der Waals surface area (Å²) in [6.07, 6.45) is 1.73. The highest BCUT2D eigenvalue weighted by Crippen LogP contribution is 2.39. The van der Waals surface area contributed by atoms with Crippen molar-refractivity contribution < 1.29 is 28.9 Å². The average Bonchev–Trinajstić information content (AvgIpc) is 3.07. The van der Waals surface area contributed by atoms with Gasteiger partial charge in [0.15, 0.2) is 11.5 Å². The van der Waals surface area contributed by atoms with Gasteiger partial charge in [0.05, 0.1) is 25.7 Å². The van der Waals surface area contributed by atoms with Gasteiger partial charge in [0, 0.05) is 18.7 Å². The Hall–Kier alpha value is -3.24. The smallest absolute Gasteiger partial charge is 0.266 e. The zero-order valence-corrected chi connectivity index (χ0v) is 20.0. The molecular weight excluding hydrogens is 464 g/mol. The fourth-order valence-corrected chi connectivity index (χ4v) is 4.39. The number of aromatic hydroxyl groups is 1. The van der Waals surface area contributed by atoms with E-state index in [1.54, 1.807) is 42.5 Å². The van der Waals surface area contributed by atoms with Crippen LogP contribution in [-0.2, 0) is 9.59 Å².